The third kappa shape index (κ3) is 5.67. The van der Waals surface area contributed by atoms with Crippen LogP contribution in [0.4, 0.5) is 0 Å². The van der Waals surface area contributed by atoms with Crippen LogP contribution >= 0.6 is 0 Å². The third-order valence-corrected chi connectivity index (χ3v) is 6.26. The van der Waals surface area contributed by atoms with E-state index in [9.17, 15) is 23.1 Å². The number of sulfonamides is 1. The molecular weight excluding hydrogens is 412 g/mol. The molecule has 1 fully saturated rings. The minimum Gasteiger partial charge on any atom is -0.508 e. The van der Waals surface area contributed by atoms with Gasteiger partial charge in [0.2, 0.25) is 10.0 Å². The first kappa shape index (κ1) is 23.6. The highest BCUT2D eigenvalue weighted by atomic mass is 32.2. The lowest BCUT2D eigenvalue weighted by Crippen LogP contribution is -2.33. The number of nitrogens with one attached hydrogen (secondary N) is 2. The number of carbonyl (C=O) groups excluding carboxylic acids is 2. The van der Waals surface area contributed by atoms with Crippen LogP contribution in [0.1, 0.15) is 49.9 Å². The van der Waals surface area contributed by atoms with E-state index < -0.39 is 34.1 Å². The van der Waals surface area contributed by atoms with Crippen molar-refractivity contribution in [3.05, 3.63) is 35.1 Å². The largest absolute Gasteiger partial charge is 0.508 e. The van der Waals surface area contributed by atoms with Crippen LogP contribution in [-0.4, -0.2) is 50.7 Å². The molecule has 0 heterocycles. The van der Waals surface area contributed by atoms with Gasteiger partial charge in [0.25, 0.3) is 0 Å². The van der Waals surface area contributed by atoms with Crippen molar-refractivity contribution in [2.45, 2.75) is 50.5 Å². The molecule has 30 heavy (non-hydrogen) atoms. The van der Waals surface area contributed by atoms with E-state index in [0.29, 0.717) is 0 Å². The maximum absolute atomic E-state index is 12.8. The van der Waals surface area contributed by atoms with Crippen molar-refractivity contribution in [2.75, 3.05) is 13.7 Å². The monoisotopic (exact) mass is 438 g/mol. The van der Waals surface area contributed by atoms with E-state index in [2.05, 4.69) is 4.72 Å². The van der Waals surface area contributed by atoms with Crippen LogP contribution < -0.4 is 9.46 Å². The van der Waals surface area contributed by atoms with Gasteiger partial charge < -0.3 is 20.0 Å². The van der Waals surface area contributed by atoms with Gasteiger partial charge in [-0.3, -0.25) is 4.79 Å². The summed E-state index contributed by atoms with van der Waals surface area (Å²) in [4.78, 5) is 23.7. The van der Waals surface area contributed by atoms with Crippen molar-refractivity contribution in [1.82, 2.24) is 4.72 Å². The highest BCUT2D eigenvalue weighted by Crippen LogP contribution is 2.27. The van der Waals surface area contributed by atoms with E-state index in [1.807, 2.05) is 0 Å². The second-order valence-corrected chi connectivity index (χ2v) is 8.73. The molecule has 1 aliphatic rings. The highest BCUT2D eigenvalue weighted by Gasteiger charge is 2.27. The smallest absolute Gasteiger partial charge is 0.338 e. The topological polar surface area (TPSA) is 143 Å². The molecule has 3 N–H and O–H groups in total. The zero-order valence-corrected chi connectivity index (χ0v) is 18.0. The number of ketones is 1. The Morgan fingerprint density at radius 3 is 2.40 bits per heavy atom. The number of benzene rings is 1. The number of ether oxygens (including phenoxy) is 2. The summed E-state index contributed by atoms with van der Waals surface area (Å²) in [5, 5.41) is 17.5. The number of esters is 1. The van der Waals surface area contributed by atoms with Crippen LogP contribution in [0.2, 0.25) is 0 Å². The minimum absolute atomic E-state index is 0.0636. The second kappa shape index (κ2) is 9.86. The fraction of sp³-hybridized carbons (Fsp3) is 0.450. The Labute approximate surface area is 175 Å². The molecule has 9 nitrogen and oxygen atoms in total. The van der Waals surface area contributed by atoms with Crippen LogP contribution in [-0.2, 0) is 19.6 Å². The SMILES string of the molecule is COc1ccc(C(=O)OC/C(O)=C(\C(C)=N)C(C)=O)cc1S(=O)(=O)NC1CCCC1. The lowest BCUT2D eigenvalue weighted by Gasteiger charge is -2.15. The van der Waals surface area contributed by atoms with Gasteiger partial charge in [-0.25, -0.2) is 17.9 Å². The predicted octanol–water partition coefficient (Wildman–Crippen LogP) is 2.51. The summed E-state index contributed by atoms with van der Waals surface area (Å²) in [6.07, 6.45) is 3.40. The van der Waals surface area contributed by atoms with Gasteiger partial charge >= 0.3 is 5.97 Å². The van der Waals surface area contributed by atoms with Crippen molar-refractivity contribution < 1.29 is 32.6 Å². The molecule has 0 atom stereocenters. The van der Waals surface area contributed by atoms with Gasteiger partial charge in [-0.2, -0.15) is 0 Å². The number of carbonyl (C=O) groups is 2. The van der Waals surface area contributed by atoms with Crippen molar-refractivity contribution in [3.8, 4) is 5.75 Å². The van der Waals surface area contributed by atoms with E-state index in [0.717, 1.165) is 31.7 Å². The van der Waals surface area contributed by atoms with Gasteiger partial charge in [0.15, 0.2) is 5.78 Å². The number of allylic oxidation sites excluding steroid dienone is 1. The Morgan fingerprint density at radius 1 is 1.23 bits per heavy atom. The quantitative estimate of drug-likeness (QED) is 0.233. The molecule has 2 rings (SSSR count). The molecule has 0 saturated heterocycles. The minimum atomic E-state index is -3.92. The number of Topliss-reactive ketones (excluding diaryl/α,β-unsaturated/α-hetero) is 1. The zero-order chi connectivity index (χ0) is 22.5. The lowest BCUT2D eigenvalue weighted by molar-refractivity contribution is -0.113. The summed E-state index contributed by atoms with van der Waals surface area (Å²) in [6, 6.07) is 3.67. The van der Waals surface area contributed by atoms with Gasteiger partial charge in [-0.1, -0.05) is 12.8 Å². The van der Waals surface area contributed by atoms with Crippen molar-refractivity contribution >= 4 is 27.5 Å². The molecule has 10 heteroatoms. The maximum atomic E-state index is 12.8. The van der Waals surface area contributed by atoms with E-state index in [-0.39, 0.29) is 33.5 Å². The van der Waals surface area contributed by atoms with Gasteiger partial charge in [0.05, 0.1) is 18.2 Å². The molecule has 1 saturated carbocycles. The molecule has 0 aromatic heterocycles. The van der Waals surface area contributed by atoms with Crippen LogP contribution in [0.3, 0.4) is 0 Å². The van der Waals surface area contributed by atoms with Gasteiger partial charge in [-0.05, 0) is 44.9 Å². The summed E-state index contributed by atoms with van der Waals surface area (Å²) in [5.74, 6) is -1.90. The molecule has 164 valence electrons. The molecule has 1 aromatic rings. The molecule has 0 unspecified atom stereocenters. The first-order chi connectivity index (χ1) is 14.1. The van der Waals surface area contributed by atoms with Crippen LogP contribution in [0.5, 0.6) is 5.75 Å². The Bertz CT molecular complexity index is 961. The molecule has 0 aliphatic heterocycles. The summed E-state index contributed by atoms with van der Waals surface area (Å²) in [5.41, 5.74) is -0.459. The Balaban J connectivity index is 2.25. The number of hydrogen-bond acceptors (Lipinski definition) is 8. The van der Waals surface area contributed by atoms with Crippen molar-refractivity contribution in [1.29, 1.82) is 5.41 Å². The number of rotatable bonds is 9. The summed E-state index contributed by atoms with van der Waals surface area (Å²) in [6.45, 7) is 1.88. The van der Waals surface area contributed by atoms with Crippen LogP contribution in [0.25, 0.3) is 0 Å². The molecule has 0 spiro atoms. The van der Waals surface area contributed by atoms with Crippen molar-refractivity contribution in [3.63, 3.8) is 0 Å². The van der Waals surface area contributed by atoms with E-state index in [1.54, 1.807) is 0 Å². The molecule has 0 bridgehead atoms. The molecule has 1 aliphatic carbocycles. The summed E-state index contributed by atoms with van der Waals surface area (Å²) >= 11 is 0. The second-order valence-electron chi connectivity index (χ2n) is 7.05. The van der Waals surface area contributed by atoms with E-state index in [4.69, 9.17) is 14.9 Å². The predicted molar refractivity (Wildman–Crippen MR) is 110 cm³/mol. The standard InChI is InChI=1S/C20H26N2O7S/c1-12(21)19(13(2)23)16(24)11-29-20(25)14-8-9-17(28-3)18(10-14)30(26,27)22-15-6-4-5-7-15/h8-10,15,21-22,24H,4-7,11H2,1-3H3/b19-16-,21-12?. The molecule has 0 amide bonds. The molecular formula is C20H26N2O7S. The number of aliphatic hydroxyl groups is 1. The van der Waals surface area contributed by atoms with Crippen LogP contribution in [0.15, 0.2) is 34.4 Å². The average molecular weight is 439 g/mol. The van der Waals surface area contributed by atoms with Gasteiger partial charge in [-0.15, -0.1) is 0 Å². The molecule has 0 radical (unpaired) electrons. The summed E-state index contributed by atoms with van der Waals surface area (Å²) in [7, 11) is -2.60. The Kier molecular flexibility index (Phi) is 7.74. The maximum Gasteiger partial charge on any atom is 0.338 e. The molecule has 1 aromatic carbocycles. The fourth-order valence-corrected chi connectivity index (χ4v) is 4.81. The highest BCUT2D eigenvalue weighted by molar-refractivity contribution is 7.89. The normalized spacial score (nSPS) is 15.4. The Hall–Kier alpha value is -2.72. The average Bonchev–Trinajstić information content (AvgIpc) is 3.17. The first-order valence-electron chi connectivity index (χ1n) is 9.43. The van der Waals surface area contributed by atoms with Gasteiger partial charge in [0, 0.05) is 11.8 Å². The van der Waals surface area contributed by atoms with Gasteiger partial charge in [0.1, 0.15) is 23.0 Å². The third-order valence-electron chi connectivity index (χ3n) is 4.72. The van der Waals surface area contributed by atoms with E-state index >= 15 is 0 Å². The van der Waals surface area contributed by atoms with Crippen molar-refractivity contribution in [2.24, 2.45) is 0 Å². The lowest BCUT2D eigenvalue weighted by atomic mass is 10.1. The number of hydrogen-bond donors (Lipinski definition) is 3. The summed E-state index contributed by atoms with van der Waals surface area (Å²) < 4.78 is 38.4. The first-order valence-corrected chi connectivity index (χ1v) is 10.9. The fourth-order valence-electron chi connectivity index (χ4n) is 3.31. The number of methoxy groups -OCH3 is 1. The Morgan fingerprint density at radius 2 is 1.87 bits per heavy atom. The zero-order valence-electron chi connectivity index (χ0n) is 17.1. The van der Waals surface area contributed by atoms with E-state index in [1.165, 1.54) is 33.1 Å². The number of aliphatic hydroxyl groups excluding tert-OH is 1. The van der Waals surface area contributed by atoms with Crippen LogP contribution in [0, 0.1) is 5.41 Å².